The van der Waals surface area contributed by atoms with Crippen LogP contribution in [-0.4, -0.2) is 21.7 Å². The fourth-order valence-corrected chi connectivity index (χ4v) is 1.58. The molecule has 6 heteroatoms. The van der Waals surface area contributed by atoms with Crippen molar-refractivity contribution in [2.24, 2.45) is 0 Å². The molecule has 2 aromatic rings. The zero-order valence-corrected chi connectivity index (χ0v) is 11.3. The van der Waals surface area contributed by atoms with E-state index in [4.69, 9.17) is 14.0 Å². The maximum Gasteiger partial charge on any atom is 0.264 e. The second-order valence-electron chi connectivity index (χ2n) is 4.02. The molecule has 6 nitrogen and oxygen atoms in total. The van der Waals surface area contributed by atoms with Crippen LogP contribution in [0.5, 0.6) is 5.75 Å². The van der Waals surface area contributed by atoms with Gasteiger partial charge in [0.05, 0.1) is 5.69 Å². The van der Waals surface area contributed by atoms with E-state index in [1.807, 2.05) is 32.9 Å². The molecule has 0 unspecified atom stereocenters. The molecule has 2 heterocycles. The number of aromatic nitrogens is 3. The first kappa shape index (κ1) is 13.5. The van der Waals surface area contributed by atoms with Crippen molar-refractivity contribution in [1.29, 1.82) is 0 Å². The second-order valence-corrected chi connectivity index (χ2v) is 4.02. The molecule has 0 aliphatic heterocycles. The smallest absolute Gasteiger partial charge is 0.264 e. The van der Waals surface area contributed by atoms with E-state index < -0.39 is 0 Å². The van der Waals surface area contributed by atoms with Crippen LogP contribution in [0.2, 0.25) is 0 Å². The van der Waals surface area contributed by atoms with Crippen LogP contribution < -0.4 is 4.74 Å². The van der Waals surface area contributed by atoms with Crippen LogP contribution >= 0.6 is 0 Å². The van der Waals surface area contributed by atoms with Gasteiger partial charge in [-0.1, -0.05) is 5.16 Å². The summed E-state index contributed by atoms with van der Waals surface area (Å²) in [6.45, 7) is 6.51. The molecule has 0 saturated carbocycles. The molecule has 0 radical (unpaired) electrons. The van der Waals surface area contributed by atoms with Gasteiger partial charge >= 0.3 is 0 Å². The maximum atomic E-state index is 5.58. The highest BCUT2D eigenvalue weighted by Crippen LogP contribution is 2.17. The zero-order valence-electron chi connectivity index (χ0n) is 11.3. The molecule has 0 aromatic carbocycles. The van der Waals surface area contributed by atoms with Gasteiger partial charge in [0, 0.05) is 12.8 Å². The van der Waals surface area contributed by atoms with Gasteiger partial charge in [0.25, 0.3) is 5.89 Å². The molecule has 1 atom stereocenters. The molecule has 2 aromatic heterocycles. The zero-order chi connectivity index (χ0) is 13.7. The highest BCUT2D eigenvalue weighted by Gasteiger charge is 2.14. The van der Waals surface area contributed by atoms with Gasteiger partial charge in [-0.3, -0.25) is 4.98 Å². The third kappa shape index (κ3) is 3.51. The number of hydrogen-bond donors (Lipinski definition) is 0. The average Bonchev–Trinajstić information content (AvgIpc) is 2.87. The van der Waals surface area contributed by atoms with Gasteiger partial charge in [-0.25, -0.2) is 0 Å². The SMILES string of the molecule is CCO[C@@H](C)c1noc(COc2cccnc2C)n1. The van der Waals surface area contributed by atoms with Gasteiger partial charge in [0.1, 0.15) is 11.9 Å². The molecule has 0 saturated heterocycles. The lowest BCUT2D eigenvalue weighted by molar-refractivity contribution is 0.0683. The average molecular weight is 263 g/mol. The van der Waals surface area contributed by atoms with Crippen LogP contribution in [0.15, 0.2) is 22.9 Å². The van der Waals surface area contributed by atoms with E-state index in [-0.39, 0.29) is 12.7 Å². The maximum absolute atomic E-state index is 5.58. The Morgan fingerprint density at radius 3 is 3.00 bits per heavy atom. The van der Waals surface area contributed by atoms with Gasteiger partial charge in [0.15, 0.2) is 12.4 Å². The second kappa shape index (κ2) is 6.29. The van der Waals surface area contributed by atoms with Crippen LogP contribution in [0.4, 0.5) is 0 Å². The predicted molar refractivity (Wildman–Crippen MR) is 67.6 cm³/mol. The van der Waals surface area contributed by atoms with Crippen molar-refractivity contribution in [1.82, 2.24) is 15.1 Å². The molecule has 0 aliphatic rings. The van der Waals surface area contributed by atoms with Crippen molar-refractivity contribution >= 4 is 0 Å². The highest BCUT2D eigenvalue weighted by atomic mass is 16.5. The van der Waals surface area contributed by atoms with Crippen LogP contribution in [0.3, 0.4) is 0 Å². The molecule has 0 fully saturated rings. The predicted octanol–water partition coefficient (Wildman–Crippen LogP) is 2.45. The van der Waals surface area contributed by atoms with E-state index in [1.54, 1.807) is 6.20 Å². The summed E-state index contributed by atoms with van der Waals surface area (Å²) in [4.78, 5) is 8.36. The lowest BCUT2D eigenvalue weighted by atomic mass is 10.3. The number of ether oxygens (including phenoxy) is 2. The minimum atomic E-state index is -0.178. The summed E-state index contributed by atoms with van der Waals surface area (Å²) in [5, 5.41) is 3.86. The van der Waals surface area contributed by atoms with E-state index in [0.717, 1.165) is 5.69 Å². The minimum Gasteiger partial charge on any atom is -0.482 e. The van der Waals surface area contributed by atoms with E-state index in [1.165, 1.54) is 0 Å². The van der Waals surface area contributed by atoms with Crippen LogP contribution in [0.25, 0.3) is 0 Å². The van der Waals surface area contributed by atoms with Gasteiger partial charge < -0.3 is 14.0 Å². The van der Waals surface area contributed by atoms with Gasteiger partial charge in [-0.2, -0.15) is 4.98 Å². The molecule has 0 bridgehead atoms. The standard InChI is InChI=1S/C13H17N3O3/c1-4-17-10(3)13-15-12(19-16-13)8-18-11-6-5-7-14-9(11)2/h5-7,10H,4,8H2,1-3H3/t10-/m0/s1. The van der Waals surface area contributed by atoms with Gasteiger partial charge in [-0.05, 0) is 32.9 Å². The van der Waals surface area contributed by atoms with Gasteiger partial charge in [-0.15, -0.1) is 0 Å². The number of rotatable bonds is 6. The Morgan fingerprint density at radius 1 is 1.42 bits per heavy atom. The van der Waals surface area contributed by atoms with Crippen molar-refractivity contribution in [3.63, 3.8) is 0 Å². The van der Waals surface area contributed by atoms with Gasteiger partial charge in [0.2, 0.25) is 0 Å². The van der Waals surface area contributed by atoms with Crippen molar-refractivity contribution in [3.8, 4) is 5.75 Å². The highest BCUT2D eigenvalue weighted by molar-refractivity contribution is 5.25. The Balaban J connectivity index is 1.95. The summed E-state index contributed by atoms with van der Waals surface area (Å²) in [5.74, 6) is 1.66. The van der Waals surface area contributed by atoms with Crippen molar-refractivity contribution in [2.45, 2.75) is 33.5 Å². The molecule has 19 heavy (non-hydrogen) atoms. The molecule has 102 valence electrons. The van der Waals surface area contributed by atoms with E-state index >= 15 is 0 Å². The molecule has 0 amide bonds. The summed E-state index contributed by atoms with van der Waals surface area (Å²) < 4.78 is 16.1. The summed E-state index contributed by atoms with van der Waals surface area (Å²) in [7, 11) is 0. The van der Waals surface area contributed by atoms with Crippen LogP contribution in [0.1, 0.15) is 37.4 Å². The summed E-state index contributed by atoms with van der Waals surface area (Å²) in [6, 6.07) is 3.67. The third-order valence-electron chi connectivity index (χ3n) is 2.57. The van der Waals surface area contributed by atoms with E-state index in [0.29, 0.717) is 24.1 Å². The largest absolute Gasteiger partial charge is 0.482 e. The summed E-state index contributed by atoms with van der Waals surface area (Å²) in [5.41, 5.74) is 0.824. The number of aryl methyl sites for hydroxylation is 1. The first-order valence-electron chi connectivity index (χ1n) is 6.19. The quantitative estimate of drug-likeness (QED) is 0.797. The first-order chi connectivity index (χ1) is 9.20. The fourth-order valence-electron chi connectivity index (χ4n) is 1.58. The fraction of sp³-hybridized carbons (Fsp3) is 0.462. The monoisotopic (exact) mass is 263 g/mol. The Bertz CT molecular complexity index is 527. The van der Waals surface area contributed by atoms with E-state index in [9.17, 15) is 0 Å². The third-order valence-corrected chi connectivity index (χ3v) is 2.57. The lowest BCUT2D eigenvalue weighted by Crippen LogP contribution is -2.02. The van der Waals surface area contributed by atoms with Crippen LogP contribution in [0, 0.1) is 6.92 Å². The normalized spacial score (nSPS) is 12.4. The molecular weight excluding hydrogens is 246 g/mol. The topological polar surface area (TPSA) is 70.3 Å². The Morgan fingerprint density at radius 2 is 2.26 bits per heavy atom. The molecule has 0 spiro atoms. The van der Waals surface area contributed by atoms with Crippen molar-refractivity contribution in [3.05, 3.63) is 35.7 Å². The van der Waals surface area contributed by atoms with Crippen molar-refractivity contribution in [2.75, 3.05) is 6.61 Å². The lowest BCUT2D eigenvalue weighted by Gasteiger charge is -2.05. The number of nitrogens with zero attached hydrogens (tertiary/aromatic N) is 3. The molecule has 0 aliphatic carbocycles. The Kier molecular flexibility index (Phi) is 4.46. The number of hydrogen-bond acceptors (Lipinski definition) is 6. The number of pyridine rings is 1. The van der Waals surface area contributed by atoms with Crippen LogP contribution in [-0.2, 0) is 11.3 Å². The summed E-state index contributed by atoms with van der Waals surface area (Å²) in [6.07, 6.45) is 1.54. The van der Waals surface area contributed by atoms with Crippen molar-refractivity contribution < 1.29 is 14.0 Å². The Hall–Kier alpha value is -1.95. The van der Waals surface area contributed by atoms with E-state index in [2.05, 4.69) is 15.1 Å². The Labute approximate surface area is 111 Å². The molecular formula is C13H17N3O3. The molecule has 0 N–H and O–H groups in total. The first-order valence-corrected chi connectivity index (χ1v) is 6.19. The minimum absolute atomic E-state index is 0.178. The molecule has 2 rings (SSSR count). The summed E-state index contributed by atoms with van der Waals surface area (Å²) >= 11 is 0.